The fourth-order valence-corrected chi connectivity index (χ4v) is 2.93. The molecule has 0 aliphatic carbocycles. The van der Waals surface area contributed by atoms with Gasteiger partial charge in [-0.2, -0.15) is 0 Å². The Kier molecular flexibility index (Phi) is 4.71. The van der Waals surface area contributed by atoms with Gasteiger partial charge in [-0.05, 0) is 40.2 Å². The van der Waals surface area contributed by atoms with Crippen LogP contribution < -0.4 is 10.3 Å². The largest absolute Gasteiger partial charge is 0.273 e. The number of hydrogen-bond acceptors (Lipinski definition) is 3. The number of nitrogens with one attached hydrogen (secondary N) is 2. The summed E-state index contributed by atoms with van der Waals surface area (Å²) in [7, 11) is -4.18. The zero-order chi connectivity index (χ0) is 15.5. The summed E-state index contributed by atoms with van der Waals surface area (Å²) < 4.78 is 37.8. The van der Waals surface area contributed by atoms with Gasteiger partial charge < -0.3 is 0 Å². The Bertz CT molecular complexity index is 780. The number of rotatable bonds is 4. The second-order valence-corrected chi connectivity index (χ2v) is 6.48. The predicted molar refractivity (Wildman–Crippen MR) is 78.3 cm³/mol. The van der Waals surface area contributed by atoms with Crippen LogP contribution in [0.4, 0.5) is 4.39 Å². The van der Waals surface area contributed by atoms with Gasteiger partial charge in [0.2, 0.25) is 0 Å². The highest BCUT2D eigenvalue weighted by Gasteiger charge is 2.19. The molecule has 0 aliphatic rings. The number of amides is 1. The molecule has 0 aliphatic heterocycles. The SMILES string of the molecule is O=C(NNS(=O)(=O)c1ccccc1F)c1ccccc1Br. The van der Waals surface area contributed by atoms with Crippen molar-refractivity contribution >= 4 is 31.9 Å². The van der Waals surface area contributed by atoms with Gasteiger partial charge in [-0.3, -0.25) is 10.2 Å². The van der Waals surface area contributed by atoms with Crippen LogP contribution in [0.2, 0.25) is 0 Å². The topological polar surface area (TPSA) is 75.3 Å². The van der Waals surface area contributed by atoms with E-state index in [1.165, 1.54) is 18.2 Å². The van der Waals surface area contributed by atoms with E-state index in [2.05, 4.69) is 15.9 Å². The fourth-order valence-electron chi connectivity index (χ4n) is 1.54. The normalized spacial score (nSPS) is 11.1. The van der Waals surface area contributed by atoms with E-state index in [0.717, 1.165) is 12.1 Å². The minimum atomic E-state index is -4.18. The van der Waals surface area contributed by atoms with E-state index < -0.39 is 26.6 Å². The van der Waals surface area contributed by atoms with E-state index >= 15 is 0 Å². The zero-order valence-corrected chi connectivity index (χ0v) is 12.9. The van der Waals surface area contributed by atoms with E-state index in [4.69, 9.17) is 0 Å². The van der Waals surface area contributed by atoms with Crippen LogP contribution in [-0.4, -0.2) is 14.3 Å². The van der Waals surface area contributed by atoms with Gasteiger partial charge in [-0.25, -0.2) is 12.8 Å². The fraction of sp³-hybridized carbons (Fsp3) is 0. The molecule has 2 aromatic rings. The first-order valence-corrected chi connectivity index (χ1v) is 8.00. The molecule has 110 valence electrons. The summed E-state index contributed by atoms with van der Waals surface area (Å²) in [4.78, 5) is 13.2. The van der Waals surface area contributed by atoms with Crippen molar-refractivity contribution in [3.8, 4) is 0 Å². The summed E-state index contributed by atoms with van der Waals surface area (Å²) in [6, 6.07) is 11.4. The number of hydrazine groups is 1. The van der Waals surface area contributed by atoms with Gasteiger partial charge in [0.05, 0.1) is 5.56 Å². The third kappa shape index (κ3) is 3.66. The highest BCUT2D eigenvalue weighted by atomic mass is 79.9. The van der Waals surface area contributed by atoms with Crippen molar-refractivity contribution < 1.29 is 17.6 Å². The van der Waals surface area contributed by atoms with Gasteiger partial charge >= 0.3 is 0 Å². The zero-order valence-electron chi connectivity index (χ0n) is 10.5. The number of carbonyl (C=O) groups excluding carboxylic acids is 1. The van der Waals surface area contributed by atoms with Crippen molar-refractivity contribution in [3.05, 3.63) is 64.4 Å². The molecule has 0 saturated heterocycles. The maximum atomic E-state index is 13.5. The molecule has 0 saturated carbocycles. The summed E-state index contributed by atoms with van der Waals surface area (Å²) in [6.45, 7) is 0. The smallest absolute Gasteiger partial charge is 0.267 e. The third-order valence-electron chi connectivity index (χ3n) is 2.54. The molecule has 0 radical (unpaired) electrons. The molecular formula is C13H10BrFN2O3S. The molecule has 0 spiro atoms. The first-order chi connectivity index (χ1) is 9.92. The van der Waals surface area contributed by atoms with Crippen LogP contribution in [0.15, 0.2) is 57.9 Å². The van der Waals surface area contributed by atoms with Crippen molar-refractivity contribution in [2.45, 2.75) is 4.90 Å². The average Bonchev–Trinajstić information content (AvgIpc) is 2.45. The lowest BCUT2D eigenvalue weighted by molar-refractivity contribution is 0.0944. The van der Waals surface area contributed by atoms with Crippen LogP contribution in [-0.2, 0) is 10.0 Å². The van der Waals surface area contributed by atoms with Gasteiger partial charge in [-0.1, -0.05) is 24.3 Å². The van der Waals surface area contributed by atoms with Crippen LogP contribution in [0.5, 0.6) is 0 Å². The second kappa shape index (κ2) is 6.33. The van der Waals surface area contributed by atoms with Crippen molar-refractivity contribution in [2.75, 3.05) is 0 Å². The van der Waals surface area contributed by atoms with Crippen molar-refractivity contribution in [1.29, 1.82) is 0 Å². The summed E-state index contributed by atoms with van der Waals surface area (Å²) in [6.07, 6.45) is 0. The Morgan fingerprint density at radius 1 is 1.05 bits per heavy atom. The Morgan fingerprint density at radius 3 is 2.33 bits per heavy atom. The Hall–Kier alpha value is -1.77. The first kappa shape index (κ1) is 15.6. The lowest BCUT2D eigenvalue weighted by Crippen LogP contribution is -2.41. The van der Waals surface area contributed by atoms with Crippen LogP contribution in [0, 0.1) is 5.82 Å². The molecule has 1 amide bonds. The van der Waals surface area contributed by atoms with E-state index in [1.54, 1.807) is 18.2 Å². The summed E-state index contributed by atoms with van der Waals surface area (Å²) in [5, 5.41) is 0. The molecule has 0 atom stereocenters. The van der Waals surface area contributed by atoms with Crippen molar-refractivity contribution in [2.24, 2.45) is 0 Å². The van der Waals surface area contributed by atoms with Gasteiger partial charge in [0.25, 0.3) is 15.9 Å². The minimum Gasteiger partial charge on any atom is -0.273 e. The molecular weight excluding hydrogens is 363 g/mol. The quantitative estimate of drug-likeness (QED) is 0.807. The monoisotopic (exact) mass is 372 g/mol. The van der Waals surface area contributed by atoms with Crippen molar-refractivity contribution in [1.82, 2.24) is 10.3 Å². The Labute approximate surface area is 129 Å². The molecule has 0 bridgehead atoms. The minimum absolute atomic E-state index is 0.244. The van der Waals surface area contributed by atoms with Gasteiger partial charge in [0.15, 0.2) is 0 Å². The van der Waals surface area contributed by atoms with E-state index in [0.29, 0.717) is 4.47 Å². The molecule has 0 unspecified atom stereocenters. The lowest BCUT2D eigenvalue weighted by Gasteiger charge is -2.09. The predicted octanol–water partition coefficient (Wildman–Crippen LogP) is 2.21. The molecule has 0 heterocycles. The number of hydrogen-bond donors (Lipinski definition) is 2. The van der Waals surface area contributed by atoms with Crippen LogP contribution in [0.3, 0.4) is 0 Å². The molecule has 5 nitrogen and oxygen atoms in total. The molecule has 21 heavy (non-hydrogen) atoms. The van der Waals surface area contributed by atoms with Crippen molar-refractivity contribution in [3.63, 3.8) is 0 Å². The second-order valence-electron chi connectivity index (χ2n) is 3.97. The third-order valence-corrected chi connectivity index (χ3v) is 4.52. The van der Waals surface area contributed by atoms with Crippen LogP contribution in [0.1, 0.15) is 10.4 Å². The highest BCUT2D eigenvalue weighted by Crippen LogP contribution is 2.16. The summed E-state index contributed by atoms with van der Waals surface area (Å²) >= 11 is 3.18. The van der Waals surface area contributed by atoms with Gasteiger partial charge in [0, 0.05) is 4.47 Å². The standard InChI is InChI=1S/C13H10BrFN2O3S/c14-10-6-2-1-5-9(10)13(18)16-17-21(19,20)12-8-4-3-7-11(12)15/h1-8,17H,(H,16,18). The van der Waals surface area contributed by atoms with Crippen LogP contribution >= 0.6 is 15.9 Å². The molecule has 2 aromatic carbocycles. The highest BCUT2D eigenvalue weighted by molar-refractivity contribution is 9.10. The van der Waals surface area contributed by atoms with E-state index in [1.807, 2.05) is 10.3 Å². The van der Waals surface area contributed by atoms with Crippen LogP contribution in [0.25, 0.3) is 0 Å². The number of carbonyl (C=O) groups is 1. The van der Waals surface area contributed by atoms with Gasteiger partial charge in [0.1, 0.15) is 10.7 Å². The number of halogens is 2. The number of benzene rings is 2. The van der Waals surface area contributed by atoms with E-state index in [9.17, 15) is 17.6 Å². The summed E-state index contributed by atoms with van der Waals surface area (Å²) in [5.74, 6) is -1.57. The molecule has 8 heteroatoms. The lowest BCUT2D eigenvalue weighted by atomic mass is 10.2. The molecule has 2 N–H and O–H groups in total. The van der Waals surface area contributed by atoms with Gasteiger partial charge in [-0.15, -0.1) is 4.83 Å². The molecule has 2 rings (SSSR count). The molecule has 0 fully saturated rings. The Morgan fingerprint density at radius 2 is 1.67 bits per heavy atom. The maximum Gasteiger partial charge on any atom is 0.267 e. The molecule has 0 aromatic heterocycles. The maximum absolute atomic E-state index is 13.5. The van der Waals surface area contributed by atoms with E-state index in [-0.39, 0.29) is 5.56 Å². The Balaban J connectivity index is 2.15. The average molecular weight is 373 g/mol. The first-order valence-electron chi connectivity index (χ1n) is 5.73. The summed E-state index contributed by atoms with van der Waals surface area (Å²) in [5.41, 5.74) is 2.28. The number of sulfonamides is 1.